The van der Waals surface area contributed by atoms with Crippen LogP contribution in [0.4, 0.5) is 5.69 Å². The van der Waals surface area contributed by atoms with E-state index in [2.05, 4.69) is 33.1 Å². The number of allylic oxidation sites excluding steroid dienone is 2. The van der Waals surface area contributed by atoms with Gasteiger partial charge in [-0.2, -0.15) is 0 Å². The second-order valence-corrected chi connectivity index (χ2v) is 18.3. The first kappa shape index (κ1) is 44.1. The van der Waals surface area contributed by atoms with Crippen molar-refractivity contribution in [2.24, 2.45) is 17.3 Å². The molecule has 342 valence electrons. The molecule has 2 bridgehead atoms. The van der Waals surface area contributed by atoms with Gasteiger partial charge in [0.15, 0.2) is 23.0 Å². The molecule has 4 heterocycles. The third kappa shape index (κ3) is 8.37. The number of phenolic OH excluding ortho intramolecular Hbond substituents is 4. The molecule has 13 nitrogen and oxygen atoms in total. The Morgan fingerprint density at radius 3 is 2.69 bits per heavy atom. The van der Waals surface area contributed by atoms with E-state index < -0.39 is 41.1 Å². The number of carbonyl (C=O) groups is 1. The Morgan fingerprint density at radius 2 is 1.89 bits per heavy atom. The lowest BCUT2D eigenvalue weighted by molar-refractivity contribution is -0.134. The number of carbonyl (C=O) groups excluding carboxylic acids is 1. The zero-order valence-electron chi connectivity index (χ0n) is 36.9. The van der Waals surface area contributed by atoms with Crippen LogP contribution in [-0.2, 0) is 24.1 Å². The molecule has 1 spiro atoms. The fourth-order valence-electron chi connectivity index (χ4n) is 11.7. The number of Topliss-reactive ketones (excluding diaryl/α,β-unsaturated/α-hetero) is 1. The number of anilines is 1. The summed E-state index contributed by atoms with van der Waals surface area (Å²) in [6, 6.07) is 19.9. The number of phenols is 4. The quantitative estimate of drug-likeness (QED) is 0.0634. The lowest BCUT2D eigenvalue weighted by Crippen LogP contribution is -2.50. The number of dihydropyridines is 1. The van der Waals surface area contributed by atoms with Crippen molar-refractivity contribution >= 4 is 22.2 Å². The van der Waals surface area contributed by atoms with E-state index in [1.807, 2.05) is 49.6 Å². The van der Waals surface area contributed by atoms with Crippen molar-refractivity contribution < 1.29 is 44.9 Å². The molecule has 9 rings (SSSR count). The lowest BCUT2D eigenvalue weighted by Gasteiger charge is -2.46. The van der Waals surface area contributed by atoms with Gasteiger partial charge in [-0.05, 0) is 158 Å². The summed E-state index contributed by atoms with van der Waals surface area (Å²) in [5.41, 5.74) is 4.99. The van der Waals surface area contributed by atoms with Gasteiger partial charge >= 0.3 is 0 Å². The maximum Gasteiger partial charge on any atom is 0.200 e. The first-order valence-electron chi connectivity index (χ1n) is 22.9. The molecule has 0 radical (unpaired) electrons. The molecule has 1 fully saturated rings. The number of hydrogen-bond donors (Lipinski definition) is 10. The van der Waals surface area contributed by atoms with Crippen LogP contribution in [0.15, 0.2) is 96.5 Å². The first-order chi connectivity index (χ1) is 31.5. The summed E-state index contributed by atoms with van der Waals surface area (Å²) in [5, 5.41) is 80.9. The summed E-state index contributed by atoms with van der Waals surface area (Å²) in [4.78, 5) is 19.4. The second-order valence-electron chi connectivity index (χ2n) is 18.3. The normalized spacial score (nSPS) is 24.8. The van der Waals surface area contributed by atoms with E-state index in [9.17, 15) is 30.6 Å². The van der Waals surface area contributed by atoms with Gasteiger partial charge in [-0.25, -0.2) is 0 Å². The van der Waals surface area contributed by atoms with Crippen LogP contribution in [0.5, 0.6) is 34.5 Å². The number of rotatable bonds is 10. The molecular formula is C52H60N4O9. The van der Waals surface area contributed by atoms with Gasteiger partial charge in [0.25, 0.3) is 0 Å². The highest BCUT2D eigenvalue weighted by Gasteiger charge is 2.58. The van der Waals surface area contributed by atoms with Gasteiger partial charge in [-0.1, -0.05) is 24.3 Å². The number of aliphatic hydroxyl groups is 2. The summed E-state index contributed by atoms with van der Waals surface area (Å²) < 4.78 is 11.5. The molecule has 1 saturated carbocycles. The number of fused-ring (bicyclic) bond motifs is 6. The number of H-pyrrole nitrogens is 1. The number of benzene rings is 4. The third-order valence-corrected chi connectivity index (χ3v) is 14.6. The van der Waals surface area contributed by atoms with E-state index >= 15 is 4.79 Å². The average molecular weight is 885 g/mol. The molecule has 5 aromatic rings. The number of aryl methyl sites for hydroxylation is 1. The van der Waals surface area contributed by atoms with Crippen molar-refractivity contribution in [1.29, 1.82) is 0 Å². The summed E-state index contributed by atoms with van der Waals surface area (Å²) in [6.45, 7) is 1.44. The van der Waals surface area contributed by atoms with E-state index in [4.69, 9.17) is 9.47 Å². The Hall–Kier alpha value is -6.15. The molecule has 13 heteroatoms. The van der Waals surface area contributed by atoms with Gasteiger partial charge in [-0.15, -0.1) is 0 Å². The fraction of sp³-hybridized carbons (Fsp3) is 0.404. The number of aliphatic hydroxyl groups excluding tert-OH is 2. The molecule has 0 saturated heterocycles. The van der Waals surface area contributed by atoms with E-state index in [0.717, 1.165) is 57.3 Å². The van der Waals surface area contributed by atoms with Crippen molar-refractivity contribution in [3.05, 3.63) is 124 Å². The topological polar surface area (TPSA) is 209 Å². The predicted octanol–water partition coefficient (Wildman–Crippen LogP) is 7.17. The molecule has 65 heavy (non-hydrogen) atoms. The lowest BCUT2D eigenvalue weighted by atomic mass is 9.57. The fourth-order valence-corrected chi connectivity index (χ4v) is 11.7. The van der Waals surface area contributed by atoms with Gasteiger partial charge < -0.3 is 61.0 Å². The van der Waals surface area contributed by atoms with Crippen LogP contribution < -0.4 is 25.4 Å². The summed E-state index contributed by atoms with van der Waals surface area (Å²) in [6.07, 6.45) is 7.90. The van der Waals surface area contributed by atoms with Crippen LogP contribution in [-0.4, -0.2) is 87.5 Å². The molecule has 4 aliphatic rings. The van der Waals surface area contributed by atoms with Gasteiger partial charge in [0.1, 0.15) is 17.4 Å². The van der Waals surface area contributed by atoms with Crippen LogP contribution in [0.1, 0.15) is 78.3 Å². The molecule has 3 aliphatic heterocycles. The minimum absolute atomic E-state index is 0.0404. The zero-order chi connectivity index (χ0) is 45.4. The molecule has 4 aromatic carbocycles. The van der Waals surface area contributed by atoms with Crippen LogP contribution in [0.25, 0.3) is 10.8 Å². The zero-order valence-corrected chi connectivity index (χ0v) is 36.9. The molecule has 1 aliphatic carbocycles. The standard InChI is InChI=1S/C52H60N4O9/c1-53-28-33-21-31(32-24-45(62)50(63)46(25-32)64-2)23-44(61)49(42(59)13-8-29-9-14-43(60)51-38(29)6-4-20-65-51)52(17-15-41(58)39(52)27-35-5-3-18-54-35)34-16-19-55-47(26-34)56-40-12-7-30-22-36(57)10-11-37(30)48(33)40/h3,5,7,9-12,14,16,18,22,24-26,31,33,39,41-42,49,53-60,62-63H,4,6,8,13,15,17,19-21,23,27-28H2,1-2H3/t31-,33+,39+,41-,42-,49-,52+/m1/s1. The van der Waals surface area contributed by atoms with Crippen LogP contribution in [0, 0.1) is 17.3 Å². The van der Waals surface area contributed by atoms with Crippen molar-refractivity contribution in [2.75, 3.05) is 39.2 Å². The van der Waals surface area contributed by atoms with E-state index in [1.54, 1.807) is 24.3 Å². The van der Waals surface area contributed by atoms with Crippen LogP contribution >= 0.6 is 0 Å². The number of aromatic amines is 1. The molecule has 1 aromatic heterocycles. The van der Waals surface area contributed by atoms with Crippen LogP contribution in [0.3, 0.4) is 0 Å². The number of nitrogens with one attached hydrogen (secondary N) is 4. The predicted molar refractivity (Wildman–Crippen MR) is 249 cm³/mol. The maximum absolute atomic E-state index is 16.1. The number of aromatic hydroxyl groups is 4. The Kier molecular flexibility index (Phi) is 12.5. The highest BCUT2D eigenvalue weighted by Crippen LogP contribution is 2.58. The van der Waals surface area contributed by atoms with E-state index in [1.165, 1.54) is 13.2 Å². The third-order valence-electron chi connectivity index (χ3n) is 14.6. The van der Waals surface area contributed by atoms with Gasteiger partial charge in [0.05, 0.1) is 31.8 Å². The Bertz CT molecular complexity index is 2620. The van der Waals surface area contributed by atoms with Gasteiger partial charge in [0.2, 0.25) is 5.75 Å². The van der Waals surface area contributed by atoms with Gasteiger partial charge in [0, 0.05) is 54.0 Å². The first-order valence-corrected chi connectivity index (χ1v) is 22.9. The van der Waals surface area contributed by atoms with Crippen molar-refractivity contribution in [2.45, 2.75) is 81.8 Å². The molecule has 0 amide bonds. The SMILES string of the molecule is CNC[C@@H]1C[C@@H](c2cc(O)c(O)c(OC)c2)CC(=O)[C@@H]([C@H](O)CCc2ccc(O)c3c2CCCO3)[C@@]2(CC[C@@H](O)[C@@H]2Cc2ccc[nH]2)C2=CCNC(=C2)Nc2ccc3cc(O)ccc3c21. The number of aromatic nitrogens is 1. The number of methoxy groups -OCH3 is 1. The number of ether oxygens (including phenoxy) is 2. The summed E-state index contributed by atoms with van der Waals surface area (Å²) in [7, 11) is 3.30. The van der Waals surface area contributed by atoms with E-state index in [-0.39, 0.29) is 47.5 Å². The average Bonchev–Trinajstić information content (AvgIpc) is 3.94. The minimum atomic E-state index is -1.16. The van der Waals surface area contributed by atoms with Crippen molar-refractivity contribution in [3.8, 4) is 34.5 Å². The monoisotopic (exact) mass is 884 g/mol. The Morgan fingerprint density at radius 1 is 1.03 bits per heavy atom. The number of ketones is 1. The van der Waals surface area contributed by atoms with Crippen molar-refractivity contribution in [3.63, 3.8) is 0 Å². The number of hydrogen-bond acceptors (Lipinski definition) is 12. The molecule has 0 unspecified atom stereocenters. The molecular weight excluding hydrogens is 825 g/mol. The highest BCUT2D eigenvalue weighted by molar-refractivity contribution is 5.92. The van der Waals surface area contributed by atoms with E-state index in [0.29, 0.717) is 68.9 Å². The summed E-state index contributed by atoms with van der Waals surface area (Å²) >= 11 is 0. The molecule has 10 N–H and O–H groups in total. The molecule has 7 atom stereocenters. The summed E-state index contributed by atoms with van der Waals surface area (Å²) in [5.74, 6) is -1.74. The maximum atomic E-state index is 16.1. The number of likely N-dealkylation sites (N-methyl/N-ethyl adjacent to an activating group) is 1. The minimum Gasteiger partial charge on any atom is -0.508 e. The van der Waals surface area contributed by atoms with Crippen LogP contribution in [0.2, 0.25) is 0 Å². The Balaban J connectivity index is 1.24. The largest absolute Gasteiger partial charge is 0.508 e. The van der Waals surface area contributed by atoms with Gasteiger partial charge in [-0.3, -0.25) is 4.79 Å². The smallest absolute Gasteiger partial charge is 0.200 e. The highest BCUT2D eigenvalue weighted by atomic mass is 16.5. The second kappa shape index (κ2) is 18.4. The van der Waals surface area contributed by atoms with Crippen molar-refractivity contribution in [1.82, 2.24) is 15.6 Å². The Labute approximate surface area is 378 Å².